The van der Waals surface area contributed by atoms with Gasteiger partial charge in [0.15, 0.2) is 0 Å². The lowest BCUT2D eigenvalue weighted by Crippen LogP contribution is -2.53. The second-order valence-electron chi connectivity index (χ2n) is 20.7. The largest absolute Gasteiger partial charge is 0.452 e. The number of carbonyl (C=O) groups is 6. The molecule has 15 nitrogen and oxygen atoms in total. The fourth-order valence-electron chi connectivity index (χ4n) is 10.0. The standard InChI is InChI=1S/C44H68N6O9S2/c1-40(2,3)57-37(54)48-30(23-60-38(55)58-41(4,5)6)34(52)45-22-32(51)47-31(24-61-39(56)59-42(7,8)9)35(53)50-36-46-21-25-20-29-27-16-15-26-14-12-13-18-43(26,10)28(27)17-19-44(29,11)33(25)49-36/h21,26-31H,12-20,22-24H2,1-11H3,(H,45,52)(H,47,51)(H,48,54)(H,46,49,50,53)/t26?,27-,28+,29+,30?,31?,43+,44+/m1/s1. The van der Waals surface area contributed by atoms with Crippen molar-refractivity contribution in [3.8, 4) is 0 Å². The zero-order valence-corrected chi connectivity index (χ0v) is 39.5. The Morgan fingerprint density at radius 1 is 0.754 bits per heavy atom. The van der Waals surface area contributed by atoms with Crippen molar-refractivity contribution in [2.75, 3.05) is 23.4 Å². The summed E-state index contributed by atoms with van der Waals surface area (Å²) in [4.78, 5) is 87.9. The van der Waals surface area contributed by atoms with Crippen LogP contribution in [0.15, 0.2) is 6.20 Å². The molecule has 0 aromatic carbocycles. The van der Waals surface area contributed by atoms with Crippen LogP contribution in [-0.2, 0) is 40.4 Å². The molecule has 0 bridgehead atoms. The Kier molecular flexibility index (Phi) is 15.1. The Morgan fingerprint density at radius 3 is 1.97 bits per heavy atom. The second-order valence-corrected chi connectivity index (χ2v) is 22.6. The molecule has 4 amide bonds. The van der Waals surface area contributed by atoms with E-state index in [2.05, 4.69) is 40.1 Å². The zero-order chi connectivity index (χ0) is 45.1. The number of hydrogen-bond acceptors (Lipinski definition) is 13. The Bertz CT molecular complexity index is 1830. The van der Waals surface area contributed by atoms with Gasteiger partial charge in [-0.25, -0.2) is 24.4 Å². The average Bonchev–Trinajstić information content (AvgIpc) is 3.43. The van der Waals surface area contributed by atoms with E-state index in [-0.39, 0.29) is 22.9 Å². The van der Waals surface area contributed by atoms with E-state index in [1.54, 1.807) is 62.3 Å². The van der Waals surface area contributed by atoms with Crippen LogP contribution in [-0.4, -0.2) is 91.3 Å². The molecule has 0 spiro atoms. The third-order valence-electron chi connectivity index (χ3n) is 12.7. The first-order chi connectivity index (χ1) is 28.3. The van der Waals surface area contributed by atoms with Crippen LogP contribution >= 0.6 is 23.5 Å². The van der Waals surface area contributed by atoms with E-state index in [1.807, 2.05) is 6.20 Å². The van der Waals surface area contributed by atoms with Crippen LogP contribution < -0.4 is 21.3 Å². The minimum Gasteiger partial charge on any atom is -0.452 e. The highest BCUT2D eigenvalue weighted by atomic mass is 32.2. The van der Waals surface area contributed by atoms with Gasteiger partial charge in [0, 0.05) is 23.1 Å². The van der Waals surface area contributed by atoms with Crippen molar-refractivity contribution in [1.29, 1.82) is 0 Å². The van der Waals surface area contributed by atoms with Crippen LogP contribution in [0, 0.1) is 29.1 Å². The maximum atomic E-state index is 13.9. The monoisotopic (exact) mass is 888 g/mol. The van der Waals surface area contributed by atoms with Crippen molar-refractivity contribution in [2.24, 2.45) is 29.1 Å². The molecule has 1 heterocycles. The molecule has 3 unspecified atom stereocenters. The first-order valence-electron chi connectivity index (χ1n) is 21.7. The molecule has 1 aromatic heterocycles. The Morgan fingerprint density at radius 2 is 1.36 bits per heavy atom. The van der Waals surface area contributed by atoms with E-state index in [4.69, 9.17) is 19.2 Å². The highest BCUT2D eigenvalue weighted by Gasteiger charge is 2.59. The van der Waals surface area contributed by atoms with Crippen molar-refractivity contribution in [3.63, 3.8) is 0 Å². The minimum atomic E-state index is -1.29. The fraction of sp³-hybridized carbons (Fsp3) is 0.773. The summed E-state index contributed by atoms with van der Waals surface area (Å²) in [5.74, 6) is 0.140. The molecule has 3 saturated carbocycles. The summed E-state index contributed by atoms with van der Waals surface area (Å²) in [6, 6.07) is -2.55. The topological polar surface area (TPSA) is 204 Å². The summed E-state index contributed by atoms with van der Waals surface area (Å²) >= 11 is 1.41. The third kappa shape index (κ3) is 12.8. The lowest BCUT2D eigenvalue weighted by molar-refractivity contribution is -0.128. The molecule has 0 aliphatic heterocycles. The summed E-state index contributed by atoms with van der Waals surface area (Å²) in [5.41, 5.74) is -0.0662. The van der Waals surface area contributed by atoms with E-state index in [0.29, 0.717) is 34.9 Å². The number of thioether (sulfide) groups is 2. The quantitative estimate of drug-likeness (QED) is 0.124. The summed E-state index contributed by atoms with van der Waals surface area (Å²) in [6.45, 7) is 19.5. The predicted molar refractivity (Wildman–Crippen MR) is 236 cm³/mol. The number of nitrogens with zero attached hydrogens (tertiary/aromatic N) is 2. The van der Waals surface area contributed by atoms with E-state index in [0.717, 1.165) is 41.8 Å². The van der Waals surface area contributed by atoms with Gasteiger partial charge in [0.2, 0.25) is 23.7 Å². The summed E-state index contributed by atoms with van der Waals surface area (Å²) in [6.07, 6.45) is 11.9. The van der Waals surface area contributed by atoms with Crippen LogP contribution in [0.1, 0.15) is 139 Å². The lowest BCUT2D eigenvalue weighted by Gasteiger charge is -2.59. The number of alkyl carbamates (subject to hydrolysis) is 1. The second kappa shape index (κ2) is 19.0. The first-order valence-corrected chi connectivity index (χ1v) is 23.7. The predicted octanol–water partition coefficient (Wildman–Crippen LogP) is 7.69. The van der Waals surface area contributed by atoms with Crippen molar-refractivity contribution >= 4 is 63.9 Å². The molecular weight excluding hydrogens is 821 g/mol. The van der Waals surface area contributed by atoms with Crippen LogP contribution in [0.25, 0.3) is 0 Å². The van der Waals surface area contributed by atoms with Gasteiger partial charge in [0.05, 0.1) is 12.2 Å². The zero-order valence-electron chi connectivity index (χ0n) is 37.9. The summed E-state index contributed by atoms with van der Waals surface area (Å²) in [7, 11) is 0. The van der Waals surface area contributed by atoms with Crippen LogP contribution in [0.3, 0.4) is 0 Å². The van der Waals surface area contributed by atoms with Crippen LogP contribution in [0.2, 0.25) is 0 Å². The van der Waals surface area contributed by atoms with Gasteiger partial charge >= 0.3 is 16.7 Å². The number of hydrogen-bond donors (Lipinski definition) is 4. The van der Waals surface area contributed by atoms with Gasteiger partial charge < -0.3 is 30.2 Å². The maximum absolute atomic E-state index is 13.9. The summed E-state index contributed by atoms with van der Waals surface area (Å²) < 4.78 is 16.0. The van der Waals surface area contributed by atoms with E-state index < -0.39 is 69.8 Å². The van der Waals surface area contributed by atoms with Gasteiger partial charge in [-0.3, -0.25) is 19.7 Å². The molecule has 17 heteroatoms. The number of carbonyl (C=O) groups excluding carboxylic acids is 6. The number of ether oxygens (including phenoxy) is 3. The Hall–Kier alpha value is -3.60. The first kappa shape index (κ1) is 48.4. The number of rotatable bonds is 11. The van der Waals surface area contributed by atoms with Crippen LogP contribution in [0.5, 0.6) is 0 Å². The molecule has 4 N–H and O–H groups in total. The number of fused-ring (bicyclic) bond motifs is 7. The molecule has 61 heavy (non-hydrogen) atoms. The molecule has 0 radical (unpaired) electrons. The molecule has 8 atom stereocenters. The highest BCUT2D eigenvalue weighted by Crippen LogP contribution is 2.65. The third-order valence-corrected chi connectivity index (χ3v) is 14.3. The number of aromatic nitrogens is 2. The minimum absolute atomic E-state index is 0.115. The fourth-order valence-corrected chi connectivity index (χ4v) is 11.7. The molecule has 4 aliphatic rings. The Labute approximate surface area is 369 Å². The molecular formula is C44H68N6O9S2. The molecule has 4 aliphatic carbocycles. The van der Waals surface area contributed by atoms with Gasteiger partial charge in [0.1, 0.15) is 28.9 Å². The highest BCUT2D eigenvalue weighted by molar-refractivity contribution is 8.13. The molecule has 340 valence electrons. The van der Waals surface area contributed by atoms with Crippen molar-refractivity contribution in [3.05, 3.63) is 17.5 Å². The smallest absolute Gasteiger partial charge is 0.408 e. The van der Waals surface area contributed by atoms with Crippen LogP contribution in [0.4, 0.5) is 20.3 Å². The van der Waals surface area contributed by atoms with E-state index in [9.17, 15) is 28.8 Å². The van der Waals surface area contributed by atoms with Crippen molar-refractivity contribution in [1.82, 2.24) is 25.9 Å². The lowest BCUT2D eigenvalue weighted by atomic mass is 9.45. The van der Waals surface area contributed by atoms with E-state index >= 15 is 0 Å². The molecule has 3 fully saturated rings. The molecule has 1 aromatic rings. The van der Waals surface area contributed by atoms with Crippen molar-refractivity contribution < 1.29 is 43.0 Å². The Balaban J connectivity index is 1.26. The normalized spacial score (nSPS) is 26.7. The van der Waals surface area contributed by atoms with Gasteiger partial charge in [-0.05, 0) is 165 Å². The van der Waals surface area contributed by atoms with E-state index in [1.165, 1.54) is 44.9 Å². The average molecular weight is 889 g/mol. The van der Waals surface area contributed by atoms with Gasteiger partial charge in [-0.1, -0.05) is 26.7 Å². The van der Waals surface area contributed by atoms with Gasteiger partial charge in [0.25, 0.3) is 0 Å². The van der Waals surface area contributed by atoms with Gasteiger partial charge in [-0.2, -0.15) is 0 Å². The number of amides is 4. The SMILES string of the molecule is CC(C)(C)OC(=O)NC(CSC(=O)OC(C)(C)C)C(=O)NCC(=O)NC(CSC(=O)OC(C)(C)C)C(=O)Nc1ncc2c(n1)[C@@]1(C)CC[C@H]3[C@@H](CCC4CCCC[C@@]43C)[C@@H]1C2. The van der Waals surface area contributed by atoms with Gasteiger partial charge in [-0.15, -0.1) is 0 Å². The molecule has 5 rings (SSSR count). The molecule has 0 saturated heterocycles. The number of nitrogens with one attached hydrogen (secondary N) is 4. The summed E-state index contributed by atoms with van der Waals surface area (Å²) in [5, 5.41) is 9.04. The maximum Gasteiger partial charge on any atom is 0.408 e. The number of anilines is 1. The van der Waals surface area contributed by atoms with Crippen molar-refractivity contribution in [2.45, 2.75) is 168 Å².